The summed E-state index contributed by atoms with van der Waals surface area (Å²) in [6.45, 7) is -0.136. The maximum atomic E-state index is 11.7. The molecule has 0 spiro atoms. The van der Waals surface area contributed by atoms with Gasteiger partial charge in [0.1, 0.15) is 6.04 Å². The number of aliphatic hydroxyl groups is 1. The number of hydrogen-bond acceptors (Lipinski definition) is 5. The molecule has 1 heterocycles. The molecule has 0 aliphatic carbocycles. The standard InChI is InChI=1S/C9H14N2O6/c10-5(2-7(13)14)8(15)11-3-4(12)1-6(11)9(16)17/h4-6,12H,1-3,10H2,(H,13,14)(H,16,17)/t4?,5?,6-/m0/s1. The molecular formula is C9H14N2O6. The van der Waals surface area contributed by atoms with Crippen molar-refractivity contribution in [2.24, 2.45) is 5.73 Å². The number of carbonyl (C=O) groups excluding carboxylic acids is 1. The Balaban J connectivity index is 2.73. The molecule has 3 atom stereocenters. The summed E-state index contributed by atoms with van der Waals surface area (Å²) in [6.07, 6.45) is -1.56. The Kier molecular flexibility index (Phi) is 4.02. The summed E-state index contributed by atoms with van der Waals surface area (Å²) in [5, 5.41) is 26.7. The van der Waals surface area contributed by atoms with Crippen molar-refractivity contribution >= 4 is 17.8 Å². The summed E-state index contributed by atoms with van der Waals surface area (Å²) in [4.78, 5) is 33.9. The predicted octanol–water partition coefficient (Wildman–Crippen LogP) is -2.17. The van der Waals surface area contributed by atoms with Crippen LogP contribution in [0.1, 0.15) is 12.8 Å². The number of likely N-dealkylation sites (tertiary alicyclic amines) is 1. The average Bonchev–Trinajstić information content (AvgIpc) is 2.58. The molecular weight excluding hydrogens is 232 g/mol. The minimum Gasteiger partial charge on any atom is -0.481 e. The summed E-state index contributed by atoms with van der Waals surface area (Å²) in [7, 11) is 0. The smallest absolute Gasteiger partial charge is 0.326 e. The first-order chi connectivity index (χ1) is 7.82. The molecule has 1 saturated heterocycles. The van der Waals surface area contributed by atoms with E-state index in [1.54, 1.807) is 0 Å². The lowest BCUT2D eigenvalue weighted by atomic mass is 10.1. The molecule has 0 radical (unpaired) electrons. The summed E-state index contributed by atoms with van der Waals surface area (Å²) in [6, 6.07) is -2.43. The van der Waals surface area contributed by atoms with Gasteiger partial charge >= 0.3 is 11.9 Å². The number of hydrogen-bond donors (Lipinski definition) is 4. The van der Waals surface area contributed by atoms with Gasteiger partial charge in [0.15, 0.2) is 0 Å². The SMILES string of the molecule is NC(CC(=O)O)C(=O)N1CC(O)C[C@H]1C(=O)O. The highest BCUT2D eigenvalue weighted by Crippen LogP contribution is 2.19. The van der Waals surface area contributed by atoms with Crippen molar-refractivity contribution in [3.05, 3.63) is 0 Å². The van der Waals surface area contributed by atoms with Crippen LogP contribution in [-0.2, 0) is 14.4 Å². The minimum atomic E-state index is -1.29. The zero-order chi connectivity index (χ0) is 13.2. The summed E-state index contributed by atoms with van der Waals surface area (Å²) in [5.41, 5.74) is 5.36. The Bertz CT molecular complexity index is 344. The minimum absolute atomic E-state index is 0.0686. The zero-order valence-corrected chi connectivity index (χ0v) is 8.94. The Hall–Kier alpha value is -1.67. The normalized spacial score (nSPS) is 25.6. The number of aliphatic hydroxyl groups excluding tert-OH is 1. The highest BCUT2D eigenvalue weighted by Gasteiger charge is 2.40. The summed E-state index contributed by atoms with van der Waals surface area (Å²) in [5.74, 6) is -3.24. The van der Waals surface area contributed by atoms with Crippen LogP contribution in [-0.4, -0.2) is 62.8 Å². The van der Waals surface area contributed by atoms with E-state index < -0.39 is 42.5 Å². The van der Waals surface area contributed by atoms with Gasteiger partial charge in [-0.2, -0.15) is 0 Å². The molecule has 0 saturated carbocycles. The molecule has 8 heteroatoms. The molecule has 8 nitrogen and oxygen atoms in total. The van der Waals surface area contributed by atoms with E-state index >= 15 is 0 Å². The van der Waals surface area contributed by atoms with E-state index in [1.165, 1.54) is 0 Å². The number of carbonyl (C=O) groups is 3. The number of carboxylic acids is 2. The van der Waals surface area contributed by atoms with Gasteiger partial charge in [0.05, 0.1) is 18.6 Å². The first kappa shape index (κ1) is 13.4. The fraction of sp³-hybridized carbons (Fsp3) is 0.667. The fourth-order valence-electron chi connectivity index (χ4n) is 1.78. The third-order valence-corrected chi connectivity index (χ3v) is 2.56. The highest BCUT2D eigenvalue weighted by atomic mass is 16.4. The first-order valence-corrected chi connectivity index (χ1v) is 5.01. The Labute approximate surface area is 96.6 Å². The van der Waals surface area contributed by atoms with Crippen LogP contribution in [0.25, 0.3) is 0 Å². The van der Waals surface area contributed by atoms with Crippen LogP contribution in [0.5, 0.6) is 0 Å². The third kappa shape index (κ3) is 3.14. The number of nitrogens with zero attached hydrogens (tertiary/aromatic N) is 1. The van der Waals surface area contributed by atoms with Crippen LogP contribution in [0.2, 0.25) is 0 Å². The number of carboxylic acid groups (broad SMARTS) is 2. The Morgan fingerprint density at radius 1 is 1.35 bits per heavy atom. The van der Waals surface area contributed by atoms with Gasteiger partial charge in [-0.1, -0.05) is 0 Å². The second kappa shape index (κ2) is 5.11. The molecule has 1 rings (SSSR count). The van der Waals surface area contributed by atoms with Crippen LogP contribution in [0.3, 0.4) is 0 Å². The lowest BCUT2D eigenvalue weighted by Gasteiger charge is -2.23. The van der Waals surface area contributed by atoms with E-state index in [0.29, 0.717) is 0 Å². The molecule has 0 aromatic heterocycles. The second-order valence-corrected chi connectivity index (χ2v) is 3.94. The van der Waals surface area contributed by atoms with Gasteiger partial charge in [-0.3, -0.25) is 9.59 Å². The lowest BCUT2D eigenvalue weighted by molar-refractivity contribution is -0.149. The molecule has 0 aromatic carbocycles. The van der Waals surface area contributed by atoms with E-state index in [4.69, 9.17) is 15.9 Å². The van der Waals surface area contributed by atoms with E-state index in [2.05, 4.69) is 0 Å². The van der Waals surface area contributed by atoms with Gasteiger partial charge in [0.25, 0.3) is 0 Å². The van der Waals surface area contributed by atoms with Crippen molar-refractivity contribution in [2.45, 2.75) is 31.0 Å². The van der Waals surface area contributed by atoms with Gasteiger partial charge in [-0.05, 0) is 0 Å². The molecule has 96 valence electrons. The van der Waals surface area contributed by atoms with Crippen molar-refractivity contribution < 1.29 is 29.7 Å². The number of nitrogens with two attached hydrogens (primary N) is 1. The van der Waals surface area contributed by atoms with Gasteiger partial charge in [0, 0.05) is 13.0 Å². The van der Waals surface area contributed by atoms with Crippen molar-refractivity contribution in [2.75, 3.05) is 6.54 Å². The molecule has 0 bridgehead atoms. The van der Waals surface area contributed by atoms with E-state index in [1.807, 2.05) is 0 Å². The van der Waals surface area contributed by atoms with Gasteiger partial charge in [-0.15, -0.1) is 0 Å². The molecule has 1 aliphatic rings. The predicted molar refractivity (Wildman–Crippen MR) is 54.0 cm³/mol. The van der Waals surface area contributed by atoms with E-state index in [-0.39, 0.29) is 13.0 Å². The molecule has 1 aliphatic heterocycles. The monoisotopic (exact) mass is 246 g/mol. The molecule has 2 unspecified atom stereocenters. The Morgan fingerprint density at radius 2 is 1.94 bits per heavy atom. The van der Waals surface area contributed by atoms with Gasteiger partial charge in [-0.25, -0.2) is 4.79 Å². The summed E-state index contributed by atoms with van der Waals surface area (Å²) < 4.78 is 0. The van der Waals surface area contributed by atoms with Crippen molar-refractivity contribution in [1.82, 2.24) is 4.90 Å². The topological polar surface area (TPSA) is 141 Å². The molecule has 0 aromatic rings. The average molecular weight is 246 g/mol. The Morgan fingerprint density at radius 3 is 2.41 bits per heavy atom. The highest BCUT2D eigenvalue weighted by molar-refractivity contribution is 5.90. The zero-order valence-electron chi connectivity index (χ0n) is 8.94. The van der Waals surface area contributed by atoms with Crippen LogP contribution in [0.15, 0.2) is 0 Å². The van der Waals surface area contributed by atoms with Crippen LogP contribution in [0.4, 0.5) is 0 Å². The maximum Gasteiger partial charge on any atom is 0.326 e. The van der Waals surface area contributed by atoms with Crippen LogP contribution < -0.4 is 5.73 Å². The van der Waals surface area contributed by atoms with Gasteiger partial charge in [0.2, 0.25) is 5.91 Å². The lowest BCUT2D eigenvalue weighted by Crippen LogP contribution is -2.49. The number of rotatable bonds is 4. The largest absolute Gasteiger partial charge is 0.481 e. The van der Waals surface area contributed by atoms with Crippen LogP contribution >= 0.6 is 0 Å². The van der Waals surface area contributed by atoms with Crippen molar-refractivity contribution in [3.8, 4) is 0 Å². The molecule has 17 heavy (non-hydrogen) atoms. The first-order valence-electron chi connectivity index (χ1n) is 5.01. The fourth-order valence-corrected chi connectivity index (χ4v) is 1.78. The maximum absolute atomic E-state index is 11.7. The van der Waals surface area contributed by atoms with Crippen molar-refractivity contribution in [1.29, 1.82) is 0 Å². The van der Waals surface area contributed by atoms with E-state index in [0.717, 1.165) is 4.90 Å². The number of aliphatic carboxylic acids is 2. The van der Waals surface area contributed by atoms with Crippen LogP contribution in [0, 0.1) is 0 Å². The van der Waals surface area contributed by atoms with E-state index in [9.17, 15) is 19.5 Å². The molecule has 5 N–H and O–H groups in total. The number of β-amino-alcohol motifs (C(OH)–C–C–N with tert-alkyl or cyclic N) is 1. The third-order valence-electron chi connectivity index (χ3n) is 2.56. The summed E-state index contributed by atoms with van der Waals surface area (Å²) >= 11 is 0. The number of amides is 1. The molecule has 1 fully saturated rings. The van der Waals surface area contributed by atoms with Gasteiger partial charge < -0.3 is 26.0 Å². The van der Waals surface area contributed by atoms with Crippen molar-refractivity contribution in [3.63, 3.8) is 0 Å². The molecule has 1 amide bonds. The second-order valence-electron chi connectivity index (χ2n) is 3.94. The quantitative estimate of drug-likeness (QED) is 0.442.